The molecule has 0 aromatic carbocycles. The van der Waals surface area contributed by atoms with Gasteiger partial charge in [-0.1, -0.05) is 13.8 Å². The molecule has 3 N–H and O–H groups in total. The van der Waals surface area contributed by atoms with Crippen LogP contribution in [0.2, 0.25) is 0 Å². The van der Waals surface area contributed by atoms with Gasteiger partial charge in [-0.15, -0.1) is 0 Å². The van der Waals surface area contributed by atoms with Gasteiger partial charge in [-0.2, -0.15) is 0 Å². The zero-order valence-electron chi connectivity index (χ0n) is 9.79. The topological polar surface area (TPSA) is 72.2 Å². The molecule has 5 heteroatoms. The van der Waals surface area contributed by atoms with Gasteiger partial charge >= 0.3 is 0 Å². The Kier molecular flexibility index (Phi) is 7.60. The molecule has 90 valence electrons. The summed E-state index contributed by atoms with van der Waals surface area (Å²) in [5.74, 6) is 0.870. The van der Waals surface area contributed by atoms with Crippen molar-refractivity contribution < 1.29 is 9.00 Å². The van der Waals surface area contributed by atoms with E-state index >= 15 is 0 Å². The average molecular weight is 234 g/mol. The van der Waals surface area contributed by atoms with Crippen LogP contribution in [0.25, 0.3) is 0 Å². The maximum absolute atomic E-state index is 11.4. The standard InChI is InChI=1S/C10H22N2O2S/c1-8(2)9(3)12-10(13)7-15(14)6-4-5-11/h8-9H,4-7,11H2,1-3H3,(H,12,13). The average Bonchev–Trinajstić information content (AvgIpc) is 2.14. The largest absolute Gasteiger partial charge is 0.353 e. The third-order valence-corrected chi connectivity index (χ3v) is 3.59. The minimum absolute atomic E-state index is 0.0943. The van der Waals surface area contributed by atoms with Crippen molar-refractivity contribution in [1.29, 1.82) is 0 Å². The Labute approximate surface area is 94.4 Å². The first-order valence-electron chi connectivity index (χ1n) is 5.31. The fourth-order valence-electron chi connectivity index (χ4n) is 0.925. The van der Waals surface area contributed by atoms with Gasteiger partial charge in [-0.05, 0) is 25.8 Å². The minimum atomic E-state index is -1.07. The van der Waals surface area contributed by atoms with Crippen molar-refractivity contribution in [3.05, 3.63) is 0 Å². The lowest BCUT2D eigenvalue weighted by Crippen LogP contribution is -2.38. The van der Waals surface area contributed by atoms with E-state index in [4.69, 9.17) is 5.73 Å². The number of carbonyl (C=O) groups is 1. The number of rotatable bonds is 7. The second-order valence-corrected chi connectivity index (χ2v) is 5.61. The molecule has 0 spiro atoms. The molecule has 15 heavy (non-hydrogen) atoms. The predicted molar refractivity (Wildman–Crippen MR) is 64.0 cm³/mol. The smallest absolute Gasteiger partial charge is 0.232 e. The molecule has 0 aromatic rings. The van der Waals surface area contributed by atoms with Crippen molar-refractivity contribution in [3.63, 3.8) is 0 Å². The first kappa shape index (κ1) is 14.6. The van der Waals surface area contributed by atoms with Crippen LogP contribution in [-0.2, 0) is 15.6 Å². The lowest BCUT2D eigenvalue weighted by Gasteiger charge is -2.17. The molecule has 0 saturated heterocycles. The number of nitrogens with one attached hydrogen (secondary N) is 1. The molecule has 1 amide bonds. The summed E-state index contributed by atoms with van der Waals surface area (Å²) in [5, 5.41) is 2.82. The van der Waals surface area contributed by atoms with Crippen LogP contribution in [-0.4, -0.2) is 34.2 Å². The molecule has 0 aliphatic carbocycles. The first-order chi connectivity index (χ1) is 6.97. The SMILES string of the molecule is CC(C)C(C)NC(=O)CS(=O)CCCN. The molecular weight excluding hydrogens is 212 g/mol. The second-order valence-electron chi connectivity index (χ2n) is 4.03. The third kappa shape index (κ3) is 7.50. The van der Waals surface area contributed by atoms with E-state index in [2.05, 4.69) is 5.32 Å². The lowest BCUT2D eigenvalue weighted by atomic mass is 10.1. The van der Waals surface area contributed by atoms with Gasteiger partial charge < -0.3 is 11.1 Å². The molecule has 0 fully saturated rings. The molecule has 0 rings (SSSR count). The van der Waals surface area contributed by atoms with Gasteiger partial charge in [0.2, 0.25) is 5.91 Å². The maximum atomic E-state index is 11.4. The quantitative estimate of drug-likeness (QED) is 0.663. The van der Waals surface area contributed by atoms with Crippen LogP contribution in [0.5, 0.6) is 0 Å². The van der Waals surface area contributed by atoms with Gasteiger partial charge in [0.1, 0.15) is 5.75 Å². The van der Waals surface area contributed by atoms with Gasteiger partial charge in [-0.25, -0.2) is 0 Å². The van der Waals surface area contributed by atoms with Crippen molar-refractivity contribution in [3.8, 4) is 0 Å². The minimum Gasteiger partial charge on any atom is -0.353 e. The summed E-state index contributed by atoms with van der Waals surface area (Å²) in [5.41, 5.74) is 5.29. The fourth-order valence-corrected chi connectivity index (χ4v) is 1.93. The van der Waals surface area contributed by atoms with E-state index in [0.29, 0.717) is 24.6 Å². The van der Waals surface area contributed by atoms with Crippen LogP contribution < -0.4 is 11.1 Å². The van der Waals surface area contributed by atoms with Crippen LogP contribution in [0, 0.1) is 5.92 Å². The Bertz CT molecular complexity index is 219. The van der Waals surface area contributed by atoms with Gasteiger partial charge in [-0.3, -0.25) is 9.00 Å². The molecule has 0 bridgehead atoms. The Morgan fingerprint density at radius 1 is 1.40 bits per heavy atom. The van der Waals surface area contributed by atoms with E-state index in [1.165, 1.54) is 0 Å². The second kappa shape index (κ2) is 7.82. The van der Waals surface area contributed by atoms with Crippen LogP contribution in [0.3, 0.4) is 0 Å². The number of carbonyl (C=O) groups excluding carboxylic acids is 1. The van der Waals surface area contributed by atoms with Crippen molar-refractivity contribution in [1.82, 2.24) is 5.32 Å². The van der Waals surface area contributed by atoms with E-state index in [9.17, 15) is 9.00 Å². The first-order valence-corrected chi connectivity index (χ1v) is 6.80. The normalized spacial score (nSPS) is 15.0. The Morgan fingerprint density at radius 3 is 2.47 bits per heavy atom. The van der Waals surface area contributed by atoms with Crippen molar-refractivity contribution in [2.45, 2.75) is 33.2 Å². The molecule has 2 unspecified atom stereocenters. The van der Waals surface area contributed by atoms with Crippen LogP contribution in [0.15, 0.2) is 0 Å². The van der Waals surface area contributed by atoms with Crippen LogP contribution in [0.1, 0.15) is 27.2 Å². The van der Waals surface area contributed by atoms with E-state index < -0.39 is 10.8 Å². The summed E-state index contributed by atoms with van der Waals surface area (Å²) >= 11 is 0. The molecule has 0 saturated carbocycles. The third-order valence-electron chi connectivity index (χ3n) is 2.26. The van der Waals surface area contributed by atoms with Gasteiger partial charge in [0.25, 0.3) is 0 Å². The molecule has 0 aromatic heterocycles. The Balaban J connectivity index is 3.78. The van der Waals surface area contributed by atoms with Crippen molar-refractivity contribution in [2.75, 3.05) is 18.1 Å². The van der Waals surface area contributed by atoms with Gasteiger partial charge in [0.05, 0.1) is 0 Å². The highest BCUT2D eigenvalue weighted by atomic mass is 32.2. The number of amides is 1. The zero-order chi connectivity index (χ0) is 11.8. The maximum Gasteiger partial charge on any atom is 0.232 e. The van der Waals surface area contributed by atoms with Crippen molar-refractivity contribution in [2.24, 2.45) is 11.7 Å². The summed E-state index contributed by atoms with van der Waals surface area (Å²) in [6.07, 6.45) is 0.708. The summed E-state index contributed by atoms with van der Waals surface area (Å²) in [6, 6.07) is 0.129. The lowest BCUT2D eigenvalue weighted by molar-refractivity contribution is -0.119. The summed E-state index contributed by atoms with van der Waals surface area (Å²) in [7, 11) is -1.07. The number of nitrogens with two attached hydrogens (primary N) is 1. The summed E-state index contributed by atoms with van der Waals surface area (Å²) in [6.45, 7) is 6.55. The predicted octanol–water partition coefficient (Wildman–Crippen LogP) is 0.245. The van der Waals surface area contributed by atoms with E-state index in [0.717, 1.165) is 0 Å². The molecule has 2 atom stereocenters. The highest BCUT2D eigenvalue weighted by molar-refractivity contribution is 7.85. The monoisotopic (exact) mass is 234 g/mol. The summed E-state index contributed by atoms with van der Waals surface area (Å²) in [4.78, 5) is 11.4. The molecular formula is C10H22N2O2S. The molecule has 0 aliphatic rings. The Hall–Kier alpha value is -0.420. The van der Waals surface area contributed by atoms with E-state index in [1.807, 2.05) is 20.8 Å². The molecule has 0 aliphatic heterocycles. The van der Waals surface area contributed by atoms with Gasteiger partial charge in [0.15, 0.2) is 0 Å². The fraction of sp³-hybridized carbons (Fsp3) is 0.900. The molecule has 4 nitrogen and oxygen atoms in total. The highest BCUT2D eigenvalue weighted by Crippen LogP contribution is 1.99. The summed E-state index contributed by atoms with van der Waals surface area (Å²) < 4.78 is 11.4. The highest BCUT2D eigenvalue weighted by Gasteiger charge is 2.12. The van der Waals surface area contributed by atoms with Crippen LogP contribution >= 0.6 is 0 Å². The zero-order valence-corrected chi connectivity index (χ0v) is 10.6. The molecule has 0 radical (unpaired) electrons. The van der Waals surface area contributed by atoms with Crippen molar-refractivity contribution >= 4 is 16.7 Å². The number of hydrogen-bond acceptors (Lipinski definition) is 3. The van der Waals surface area contributed by atoms with Gasteiger partial charge in [0, 0.05) is 22.6 Å². The van der Waals surface area contributed by atoms with E-state index in [1.54, 1.807) is 0 Å². The number of hydrogen-bond donors (Lipinski definition) is 2. The van der Waals surface area contributed by atoms with E-state index in [-0.39, 0.29) is 17.7 Å². The Morgan fingerprint density at radius 2 is 2.00 bits per heavy atom. The van der Waals surface area contributed by atoms with Crippen LogP contribution in [0.4, 0.5) is 0 Å². The molecule has 0 heterocycles.